The van der Waals surface area contributed by atoms with Crippen LogP contribution >= 0.6 is 0 Å². The van der Waals surface area contributed by atoms with E-state index in [1.165, 1.54) is 11.5 Å². The van der Waals surface area contributed by atoms with Crippen molar-refractivity contribution in [3.8, 4) is 17.2 Å². The predicted octanol–water partition coefficient (Wildman–Crippen LogP) is 4.76. The van der Waals surface area contributed by atoms with Crippen molar-refractivity contribution in [3.63, 3.8) is 0 Å². The fraction of sp³-hybridized carbons (Fsp3) is 0.208. The number of methoxy groups -OCH3 is 3. The minimum Gasteiger partial charge on any atom is -0.493 e. The van der Waals surface area contributed by atoms with Gasteiger partial charge in [0.05, 0.1) is 27.4 Å². The van der Waals surface area contributed by atoms with Crippen LogP contribution in [0, 0.1) is 0 Å². The van der Waals surface area contributed by atoms with E-state index in [1.807, 2.05) is 25.1 Å². The Kier molecular flexibility index (Phi) is 6.39. The molecule has 0 heterocycles. The molecule has 0 aliphatic rings. The minimum atomic E-state index is -0.181. The normalized spacial score (nSPS) is 12.0. The molecule has 1 atom stereocenters. The van der Waals surface area contributed by atoms with Crippen LogP contribution < -0.4 is 19.5 Å². The molecule has 1 amide bonds. The van der Waals surface area contributed by atoms with E-state index >= 15 is 0 Å². The molecular formula is C24H25NO4. The lowest BCUT2D eigenvalue weighted by molar-refractivity contribution is -0.117. The van der Waals surface area contributed by atoms with E-state index < -0.39 is 0 Å². The zero-order valence-electron chi connectivity index (χ0n) is 17.1. The standard InChI is InChI=1S/C24H25NO4/c1-16(19-11-10-18-7-5-6-8-20(18)15-19)25-23(26)12-9-17-13-21(27-2)24(29-4)22(14-17)28-3/h5-16H,1-4H3,(H,25,26). The third-order valence-electron chi connectivity index (χ3n) is 4.75. The zero-order chi connectivity index (χ0) is 20.8. The van der Waals surface area contributed by atoms with Crippen LogP contribution in [-0.4, -0.2) is 27.2 Å². The molecule has 3 rings (SSSR count). The van der Waals surface area contributed by atoms with Gasteiger partial charge < -0.3 is 19.5 Å². The van der Waals surface area contributed by atoms with Crippen LogP contribution in [0.25, 0.3) is 16.8 Å². The quantitative estimate of drug-likeness (QED) is 0.590. The summed E-state index contributed by atoms with van der Waals surface area (Å²) in [5.74, 6) is 1.41. The van der Waals surface area contributed by atoms with Gasteiger partial charge in [-0.3, -0.25) is 4.79 Å². The number of nitrogens with one attached hydrogen (secondary N) is 1. The highest BCUT2D eigenvalue weighted by molar-refractivity contribution is 5.92. The smallest absolute Gasteiger partial charge is 0.244 e. The molecule has 3 aromatic rings. The largest absolute Gasteiger partial charge is 0.493 e. The Hall–Kier alpha value is -3.47. The van der Waals surface area contributed by atoms with E-state index in [9.17, 15) is 4.79 Å². The highest BCUT2D eigenvalue weighted by Gasteiger charge is 2.13. The number of ether oxygens (including phenoxy) is 3. The number of hydrogen-bond acceptors (Lipinski definition) is 4. The highest BCUT2D eigenvalue weighted by Crippen LogP contribution is 2.38. The van der Waals surface area contributed by atoms with Gasteiger partial charge in [-0.2, -0.15) is 0 Å². The van der Waals surface area contributed by atoms with Crippen LogP contribution in [0.5, 0.6) is 17.2 Å². The number of hydrogen-bond donors (Lipinski definition) is 1. The number of rotatable bonds is 7. The maximum absolute atomic E-state index is 12.4. The third-order valence-corrected chi connectivity index (χ3v) is 4.75. The first-order valence-corrected chi connectivity index (χ1v) is 9.33. The molecule has 0 saturated carbocycles. The van der Waals surface area contributed by atoms with Crippen molar-refractivity contribution in [2.45, 2.75) is 13.0 Å². The van der Waals surface area contributed by atoms with Crippen molar-refractivity contribution in [2.24, 2.45) is 0 Å². The maximum atomic E-state index is 12.4. The number of carbonyl (C=O) groups excluding carboxylic acids is 1. The molecule has 1 unspecified atom stereocenters. The van der Waals surface area contributed by atoms with Crippen LogP contribution in [0.4, 0.5) is 0 Å². The van der Waals surface area contributed by atoms with E-state index in [2.05, 4.69) is 29.6 Å². The molecule has 0 aliphatic carbocycles. The van der Waals surface area contributed by atoms with E-state index in [0.717, 1.165) is 16.5 Å². The number of benzene rings is 3. The van der Waals surface area contributed by atoms with Gasteiger partial charge in [-0.1, -0.05) is 36.4 Å². The van der Waals surface area contributed by atoms with Gasteiger partial charge in [0.15, 0.2) is 11.5 Å². The van der Waals surface area contributed by atoms with Crippen LogP contribution in [-0.2, 0) is 4.79 Å². The lowest BCUT2D eigenvalue weighted by atomic mass is 10.0. The van der Waals surface area contributed by atoms with Gasteiger partial charge in [0.25, 0.3) is 0 Å². The second-order valence-electron chi connectivity index (χ2n) is 6.63. The lowest BCUT2D eigenvalue weighted by Gasteiger charge is -2.14. The minimum absolute atomic E-state index is 0.114. The van der Waals surface area contributed by atoms with Gasteiger partial charge in [-0.15, -0.1) is 0 Å². The zero-order valence-corrected chi connectivity index (χ0v) is 17.1. The topological polar surface area (TPSA) is 56.8 Å². The summed E-state index contributed by atoms with van der Waals surface area (Å²) in [5, 5.41) is 5.33. The second kappa shape index (κ2) is 9.15. The van der Waals surface area contributed by atoms with Crippen LogP contribution in [0.3, 0.4) is 0 Å². The molecule has 0 bridgehead atoms. The molecular weight excluding hydrogens is 366 g/mol. The molecule has 29 heavy (non-hydrogen) atoms. The summed E-state index contributed by atoms with van der Waals surface area (Å²) in [7, 11) is 4.67. The summed E-state index contributed by atoms with van der Waals surface area (Å²) < 4.78 is 16.0. The Labute approximate surface area is 170 Å². The van der Waals surface area contributed by atoms with Crippen LogP contribution in [0.1, 0.15) is 24.1 Å². The molecule has 0 aliphatic heterocycles. The molecule has 1 N–H and O–H groups in total. The first kappa shape index (κ1) is 20.3. The first-order valence-electron chi connectivity index (χ1n) is 9.33. The first-order chi connectivity index (χ1) is 14.0. The summed E-state index contributed by atoms with van der Waals surface area (Å²) in [6.07, 6.45) is 3.21. The molecule has 0 aromatic heterocycles. The number of fused-ring (bicyclic) bond motifs is 1. The van der Waals surface area contributed by atoms with Gasteiger partial charge in [-0.05, 0) is 53.1 Å². The maximum Gasteiger partial charge on any atom is 0.244 e. The molecule has 0 saturated heterocycles. The summed E-state index contributed by atoms with van der Waals surface area (Å²) in [4.78, 5) is 12.4. The van der Waals surface area contributed by atoms with E-state index in [4.69, 9.17) is 14.2 Å². The second-order valence-corrected chi connectivity index (χ2v) is 6.63. The van der Waals surface area contributed by atoms with E-state index in [0.29, 0.717) is 17.2 Å². The Balaban J connectivity index is 1.73. The fourth-order valence-electron chi connectivity index (χ4n) is 3.19. The fourth-order valence-corrected chi connectivity index (χ4v) is 3.19. The van der Waals surface area contributed by atoms with Crippen molar-refractivity contribution in [2.75, 3.05) is 21.3 Å². The van der Waals surface area contributed by atoms with Crippen molar-refractivity contribution >= 4 is 22.8 Å². The lowest BCUT2D eigenvalue weighted by Crippen LogP contribution is -2.24. The molecule has 0 radical (unpaired) electrons. The van der Waals surface area contributed by atoms with E-state index in [-0.39, 0.29) is 11.9 Å². The Morgan fingerprint density at radius 1 is 0.897 bits per heavy atom. The summed E-state index contributed by atoms with van der Waals surface area (Å²) in [6.45, 7) is 1.97. The molecule has 0 spiro atoms. The third kappa shape index (κ3) is 4.69. The SMILES string of the molecule is COc1cc(C=CC(=O)NC(C)c2ccc3ccccc3c2)cc(OC)c1OC. The van der Waals surface area contributed by atoms with Gasteiger partial charge in [0.1, 0.15) is 0 Å². The number of carbonyl (C=O) groups is 1. The van der Waals surface area contributed by atoms with Gasteiger partial charge in [0.2, 0.25) is 11.7 Å². The van der Waals surface area contributed by atoms with Crippen molar-refractivity contribution < 1.29 is 19.0 Å². The van der Waals surface area contributed by atoms with Crippen molar-refractivity contribution in [1.82, 2.24) is 5.32 Å². The number of amides is 1. The average Bonchev–Trinajstić information content (AvgIpc) is 2.76. The Morgan fingerprint density at radius 3 is 2.17 bits per heavy atom. The molecule has 5 nitrogen and oxygen atoms in total. The van der Waals surface area contributed by atoms with Gasteiger partial charge in [-0.25, -0.2) is 0 Å². The monoisotopic (exact) mass is 391 g/mol. The van der Waals surface area contributed by atoms with E-state index in [1.54, 1.807) is 39.5 Å². The molecule has 5 heteroatoms. The molecule has 150 valence electrons. The van der Waals surface area contributed by atoms with Crippen LogP contribution in [0.15, 0.2) is 60.7 Å². The van der Waals surface area contributed by atoms with Gasteiger partial charge >= 0.3 is 0 Å². The average molecular weight is 391 g/mol. The van der Waals surface area contributed by atoms with Crippen molar-refractivity contribution in [3.05, 3.63) is 71.8 Å². The Morgan fingerprint density at radius 2 is 1.55 bits per heavy atom. The summed E-state index contributed by atoms with van der Waals surface area (Å²) in [6, 6.07) is 17.8. The van der Waals surface area contributed by atoms with Gasteiger partial charge in [0, 0.05) is 6.08 Å². The molecule has 0 fully saturated rings. The van der Waals surface area contributed by atoms with Crippen LogP contribution in [0.2, 0.25) is 0 Å². The summed E-state index contributed by atoms with van der Waals surface area (Å²) >= 11 is 0. The molecule has 3 aromatic carbocycles. The Bertz CT molecular complexity index is 1020. The highest BCUT2D eigenvalue weighted by atomic mass is 16.5. The van der Waals surface area contributed by atoms with Crippen molar-refractivity contribution in [1.29, 1.82) is 0 Å². The predicted molar refractivity (Wildman–Crippen MR) is 116 cm³/mol. The summed E-state index contributed by atoms with van der Waals surface area (Å²) in [5.41, 5.74) is 1.83.